The number of hydrogen-bond donors (Lipinski definition) is 2. The van der Waals surface area contributed by atoms with E-state index < -0.39 is 36.0 Å². The van der Waals surface area contributed by atoms with Crippen LogP contribution in [0.5, 0.6) is 5.75 Å². The molecule has 3 atom stereocenters. The fourth-order valence-corrected chi connectivity index (χ4v) is 2.63. The summed E-state index contributed by atoms with van der Waals surface area (Å²) in [5.41, 5.74) is 5.51. The maximum atomic E-state index is 12.8. The van der Waals surface area contributed by atoms with E-state index in [9.17, 15) is 23.5 Å². The molecule has 23 heavy (non-hydrogen) atoms. The van der Waals surface area contributed by atoms with Crippen molar-refractivity contribution in [2.75, 3.05) is 6.54 Å². The molecule has 3 N–H and O–H groups in total. The number of amides is 2. The molecule has 2 aliphatic rings. The second-order valence-electron chi connectivity index (χ2n) is 5.86. The van der Waals surface area contributed by atoms with Crippen LogP contribution in [0.25, 0.3) is 0 Å². The SMILES string of the molecule is NC(=O)[C@@H]1C[C@@H](O)CN1C(=O)c1ccc(OC2CC2(F)F)cc1. The first-order valence-corrected chi connectivity index (χ1v) is 7.21. The maximum Gasteiger partial charge on any atom is 0.288 e. The van der Waals surface area contributed by atoms with Crippen LogP contribution in [0.4, 0.5) is 8.78 Å². The van der Waals surface area contributed by atoms with Gasteiger partial charge in [0, 0.05) is 18.5 Å². The van der Waals surface area contributed by atoms with Gasteiger partial charge in [-0.1, -0.05) is 0 Å². The summed E-state index contributed by atoms with van der Waals surface area (Å²) in [5, 5.41) is 9.62. The minimum atomic E-state index is -2.78. The number of primary amides is 1. The summed E-state index contributed by atoms with van der Waals surface area (Å²) in [6.45, 7) is 0.0268. The van der Waals surface area contributed by atoms with Crippen LogP contribution in [0, 0.1) is 0 Å². The molecule has 1 aromatic rings. The maximum absolute atomic E-state index is 12.8. The zero-order valence-electron chi connectivity index (χ0n) is 12.1. The molecule has 0 spiro atoms. The molecule has 1 saturated heterocycles. The number of likely N-dealkylation sites (tertiary alicyclic amines) is 1. The molecule has 2 amide bonds. The van der Waals surface area contributed by atoms with E-state index in [2.05, 4.69) is 0 Å². The van der Waals surface area contributed by atoms with Gasteiger partial charge in [0.15, 0.2) is 6.10 Å². The average molecular weight is 326 g/mol. The Balaban J connectivity index is 1.69. The molecule has 1 aliphatic heterocycles. The summed E-state index contributed by atoms with van der Waals surface area (Å²) in [7, 11) is 0. The lowest BCUT2D eigenvalue weighted by Gasteiger charge is -2.22. The third kappa shape index (κ3) is 3.12. The Morgan fingerprint density at radius 2 is 1.91 bits per heavy atom. The number of aliphatic hydroxyl groups excluding tert-OH is 1. The number of ether oxygens (including phenoxy) is 1. The van der Waals surface area contributed by atoms with E-state index in [-0.39, 0.29) is 30.7 Å². The van der Waals surface area contributed by atoms with Gasteiger partial charge < -0.3 is 20.5 Å². The van der Waals surface area contributed by atoms with Crippen LogP contribution < -0.4 is 10.5 Å². The van der Waals surface area contributed by atoms with E-state index in [0.29, 0.717) is 0 Å². The van der Waals surface area contributed by atoms with Crippen molar-refractivity contribution in [2.45, 2.75) is 37.0 Å². The van der Waals surface area contributed by atoms with Crippen molar-refractivity contribution in [3.05, 3.63) is 29.8 Å². The number of hydrogen-bond acceptors (Lipinski definition) is 4. The first kappa shape index (κ1) is 15.7. The van der Waals surface area contributed by atoms with Gasteiger partial charge in [0.25, 0.3) is 11.8 Å². The highest BCUT2D eigenvalue weighted by molar-refractivity contribution is 5.97. The number of benzene rings is 1. The van der Waals surface area contributed by atoms with Crippen LogP contribution >= 0.6 is 0 Å². The molecule has 3 rings (SSSR count). The zero-order chi connectivity index (χ0) is 16.8. The highest BCUT2D eigenvalue weighted by Crippen LogP contribution is 2.44. The van der Waals surface area contributed by atoms with E-state index in [4.69, 9.17) is 10.5 Å². The number of rotatable bonds is 4. The van der Waals surface area contributed by atoms with Gasteiger partial charge in [-0.05, 0) is 24.3 Å². The molecular formula is C15H16F2N2O4. The van der Waals surface area contributed by atoms with E-state index in [1.165, 1.54) is 29.2 Å². The monoisotopic (exact) mass is 326 g/mol. The molecule has 2 fully saturated rings. The molecule has 0 aromatic heterocycles. The molecule has 1 unspecified atom stereocenters. The van der Waals surface area contributed by atoms with Crippen molar-refractivity contribution in [3.63, 3.8) is 0 Å². The minimum absolute atomic E-state index is 0.0268. The van der Waals surface area contributed by atoms with E-state index >= 15 is 0 Å². The van der Waals surface area contributed by atoms with Crippen LogP contribution in [0.1, 0.15) is 23.2 Å². The summed E-state index contributed by atoms with van der Waals surface area (Å²) >= 11 is 0. The number of β-amino-alcohol motifs (C(OH)–C–C–N with tert-alkyl or cyclic N) is 1. The largest absolute Gasteiger partial charge is 0.484 e. The van der Waals surface area contributed by atoms with E-state index in [1.807, 2.05) is 0 Å². The number of halogens is 2. The second-order valence-corrected chi connectivity index (χ2v) is 5.86. The Morgan fingerprint density at radius 3 is 2.43 bits per heavy atom. The molecule has 0 bridgehead atoms. The minimum Gasteiger partial charge on any atom is -0.484 e. The molecule has 1 heterocycles. The predicted molar refractivity (Wildman–Crippen MR) is 75.1 cm³/mol. The van der Waals surface area contributed by atoms with Crippen molar-refractivity contribution in [1.82, 2.24) is 4.90 Å². The Labute approximate surface area is 130 Å². The van der Waals surface area contributed by atoms with Gasteiger partial charge in [0.2, 0.25) is 5.91 Å². The standard InChI is InChI=1S/C15H16F2N2O4/c16-15(17)6-12(15)23-10-3-1-8(2-4-10)14(22)19-7-9(20)5-11(19)13(18)21/h1-4,9,11-12,20H,5-7H2,(H2,18,21)/t9-,11+,12?/m1/s1. The molecule has 1 aliphatic carbocycles. The number of carbonyl (C=O) groups is 2. The Hall–Kier alpha value is -2.22. The number of alkyl halides is 2. The van der Waals surface area contributed by atoms with Crippen LogP contribution in [0.3, 0.4) is 0 Å². The summed E-state index contributed by atoms with van der Waals surface area (Å²) in [6.07, 6.45) is -2.10. The van der Waals surface area contributed by atoms with Gasteiger partial charge in [0.05, 0.1) is 12.5 Å². The molecule has 8 heteroatoms. The number of aliphatic hydroxyl groups is 1. The lowest BCUT2D eigenvalue weighted by Crippen LogP contribution is -2.43. The fraction of sp³-hybridized carbons (Fsp3) is 0.467. The number of nitrogens with two attached hydrogens (primary N) is 1. The smallest absolute Gasteiger partial charge is 0.288 e. The Morgan fingerprint density at radius 1 is 1.30 bits per heavy atom. The summed E-state index contributed by atoms with van der Waals surface area (Å²) in [4.78, 5) is 25.0. The van der Waals surface area contributed by atoms with Gasteiger partial charge in [-0.2, -0.15) is 0 Å². The molecular weight excluding hydrogens is 310 g/mol. The van der Waals surface area contributed by atoms with Crippen LogP contribution in [0.15, 0.2) is 24.3 Å². The third-order valence-corrected chi connectivity index (χ3v) is 4.02. The van der Waals surface area contributed by atoms with Gasteiger partial charge in [-0.3, -0.25) is 9.59 Å². The highest BCUT2D eigenvalue weighted by atomic mass is 19.3. The predicted octanol–water partition coefficient (Wildman–Crippen LogP) is 0.534. The van der Waals surface area contributed by atoms with Crippen molar-refractivity contribution >= 4 is 11.8 Å². The number of carbonyl (C=O) groups excluding carboxylic acids is 2. The zero-order valence-corrected chi connectivity index (χ0v) is 12.1. The Bertz CT molecular complexity index is 635. The first-order valence-electron chi connectivity index (χ1n) is 7.21. The van der Waals surface area contributed by atoms with Gasteiger partial charge in [-0.15, -0.1) is 0 Å². The molecule has 6 nitrogen and oxygen atoms in total. The average Bonchev–Trinajstić information content (AvgIpc) is 2.91. The fourth-order valence-electron chi connectivity index (χ4n) is 2.63. The summed E-state index contributed by atoms with van der Waals surface area (Å²) in [5.74, 6) is -3.66. The first-order chi connectivity index (χ1) is 10.8. The topological polar surface area (TPSA) is 92.9 Å². The Kier molecular flexibility index (Phi) is 3.71. The lowest BCUT2D eigenvalue weighted by molar-refractivity contribution is -0.121. The van der Waals surface area contributed by atoms with Crippen LogP contribution in [0.2, 0.25) is 0 Å². The van der Waals surface area contributed by atoms with E-state index in [1.54, 1.807) is 0 Å². The molecule has 1 aromatic carbocycles. The van der Waals surface area contributed by atoms with Crippen LogP contribution in [-0.4, -0.2) is 52.5 Å². The lowest BCUT2D eigenvalue weighted by atomic mass is 10.1. The van der Waals surface area contributed by atoms with Gasteiger partial charge in [-0.25, -0.2) is 8.78 Å². The highest BCUT2D eigenvalue weighted by Gasteiger charge is 2.59. The normalized spacial score (nSPS) is 28.5. The van der Waals surface area contributed by atoms with E-state index in [0.717, 1.165) is 0 Å². The second kappa shape index (κ2) is 5.45. The molecule has 124 valence electrons. The molecule has 0 radical (unpaired) electrons. The van der Waals surface area contributed by atoms with Crippen molar-refractivity contribution in [2.24, 2.45) is 5.73 Å². The van der Waals surface area contributed by atoms with Crippen LogP contribution in [-0.2, 0) is 4.79 Å². The van der Waals surface area contributed by atoms with Crippen molar-refractivity contribution in [3.8, 4) is 5.75 Å². The van der Waals surface area contributed by atoms with Crippen molar-refractivity contribution < 1.29 is 28.2 Å². The van der Waals surface area contributed by atoms with Gasteiger partial charge >= 0.3 is 0 Å². The third-order valence-electron chi connectivity index (χ3n) is 4.02. The summed E-state index contributed by atoms with van der Waals surface area (Å²) < 4.78 is 30.7. The van der Waals surface area contributed by atoms with Gasteiger partial charge in [0.1, 0.15) is 11.8 Å². The van der Waals surface area contributed by atoms with Crippen molar-refractivity contribution in [1.29, 1.82) is 0 Å². The quantitative estimate of drug-likeness (QED) is 0.844. The number of nitrogens with zero attached hydrogens (tertiary/aromatic N) is 1. The molecule has 1 saturated carbocycles. The summed E-state index contributed by atoms with van der Waals surface area (Å²) in [6, 6.07) is 4.86.